The van der Waals surface area contributed by atoms with Gasteiger partial charge >= 0.3 is 0 Å². The Morgan fingerprint density at radius 2 is 2.12 bits per heavy atom. The molecule has 1 aromatic rings. The molecule has 0 amide bonds. The predicted molar refractivity (Wildman–Crippen MR) is 76.6 cm³/mol. The Labute approximate surface area is 110 Å². The summed E-state index contributed by atoms with van der Waals surface area (Å²) in [5.41, 5.74) is 1.53. The van der Waals surface area contributed by atoms with Crippen molar-refractivity contribution in [3.63, 3.8) is 0 Å². The molecule has 17 heavy (non-hydrogen) atoms. The van der Waals surface area contributed by atoms with Crippen LogP contribution in [0, 0.1) is 5.92 Å². The van der Waals surface area contributed by atoms with Crippen LogP contribution in [0.15, 0.2) is 11.4 Å². The van der Waals surface area contributed by atoms with Crippen molar-refractivity contribution >= 4 is 11.3 Å². The summed E-state index contributed by atoms with van der Waals surface area (Å²) in [7, 11) is 0. The Morgan fingerprint density at radius 3 is 2.82 bits per heavy atom. The molecule has 0 radical (unpaired) electrons. The van der Waals surface area contributed by atoms with Gasteiger partial charge in [0, 0.05) is 17.5 Å². The highest BCUT2D eigenvalue weighted by atomic mass is 32.1. The highest BCUT2D eigenvalue weighted by Gasteiger charge is 2.19. The van der Waals surface area contributed by atoms with Crippen LogP contribution in [0.1, 0.15) is 56.4 Å². The molecule has 1 N–H and O–H groups in total. The lowest BCUT2D eigenvalue weighted by atomic mass is 9.84. The van der Waals surface area contributed by atoms with E-state index in [-0.39, 0.29) is 0 Å². The van der Waals surface area contributed by atoms with Crippen molar-refractivity contribution in [3.8, 4) is 0 Å². The topological polar surface area (TPSA) is 12.0 Å². The molecule has 1 atom stereocenters. The van der Waals surface area contributed by atoms with Crippen molar-refractivity contribution in [3.05, 3.63) is 21.9 Å². The first kappa shape index (κ1) is 13.1. The molecule has 1 nitrogen and oxygen atoms in total. The maximum absolute atomic E-state index is 3.74. The molecule has 1 aliphatic carbocycles. The van der Waals surface area contributed by atoms with E-state index in [1.165, 1.54) is 49.0 Å². The zero-order valence-electron chi connectivity index (χ0n) is 11.2. The van der Waals surface area contributed by atoms with E-state index in [0.717, 1.165) is 12.5 Å². The van der Waals surface area contributed by atoms with Crippen LogP contribution in [-0.2, 0) is 13.0 Å². The highest BCUT2D eigenvalue weighted by Crippen LogP contribution is 2.26. The number of hydrogen-bond donors (Lipinski definition) is 1. The van der Waals surface area contributed by atoms with E-state index in [2.05, 4.69) is 30.6 Å². The number of aryl methyl sites for hydroxylation is 1. The van der Waals surface area contributed by atoms with Crippen LogP contribution in [0.4, 0.5) is 0 Å². The summed E-state index contributed by atoms with van der Waals surface area (Å²) < 4.78 is 0. The van der Waals surface area contributed by atoms with E-state index in [1.807, 2.05) is 11.3 Å². The first-order valence-corrected chi connectivity index (χ1v) is 7.98. The lowest BCUT2D eigenvalue weighted by Gasteiger charge is -2.28. The third kappa shape index (κ3) is 3.56. The molecule has 2 rings (SSSR count). The quantitative estimate of drug-likeness (QED) is 0.819. The SMILES string of the molecule is CCc1ccsc1CNC(C)C1CCCCC1. The molecular formula is C15H25NS. The zero-order chi connectivity index (χ0) is 12.1. The van der Waals surface area contributed by atoms with Crippen molar-refractivity contribution in [2.24, 2.45) is 5.92 Å². The number of rotatable bonds is 5. The molecule has 0 spiro atoms. The summed E-state index contributed by atoms with van der Waals surface area (Å²) in [6, 6.07) is 2.95. The minimum absolute atomic E-state index is 0.683. The fraction of sp³-hybridized carbons (Fsp3) is 0.733. The number of thiophene rings is 1. The maximum Gasteiger partial charge on any atom is 0.0305 e. The first-order chi connectivity index (χ1) is 8.31. The molecule has 0 aromatic carbocycles. The molecule has 0 saturated heterocycles. The maximum atomic E-state index is 3.74. The summed E-state index contributed by atoms with van der Waals surface area (Å²) >= 11 is 1.90. The van der Waals surface area contributed by atoms with Gasteiger partial charge in [-0.25, -0.2) is 0 Å². The molecule has 1 aliphatic rings. The normalized spacial score (nSPS) is 19.4. The standard InChI is InChI=1S/C15H25NS/c1-3-13-9-10-17-15(13)11-16-12(2)14-7-5-4-6-8-14/h9-10,12,14,16H,3-8,11H2,1-2H3. The average molecular weight is 251 g/mol. The minimum atomic E-state index is 0.683. The van der Waals surface area contributed by atoms with Gasteiger partial charge < -0.3 is 5.32 Å². The van der Waals surface area contributed by atoms with Gasteiger partial charge in [0.25, 0.3) is 0 Å². The van der Waals surface area contributed by atoms with Crippen LogP contribution < -0.4 is 5.32 Å². The smallest absolute Gasteiger partial charge is 0.0305 e. The van der Waals surface area contributed by atoms with E-state index in [4.69, 9.17) is 0 Å². The van der Waals surface area contributed by atoms with Gasteiger partial charge in [-0.2, -0.15) is 0 Å². The molecular weight excluding hydrogens is 226 g/mol. The Kier molecular flexibility index (Phi) is 5.05. The second-order valence-corrected chi connectivity index (χ2v) is 6.29. The van der Waals surface area contributed by atoms with Crippen molar-refractivity contribution in [2.45, 2.75) is 65.0 Å². The highest BCUT2D eigenvalue weighted by molar-refractivity contribution is 7.10. The molecule has 1 aromatic heterocycles. The van der Waals surface area contributed by atoms with E-state index >= 15 is 0 Å². The van der Waals surface area contributed by atoms with E-state index in [1.54, 1.807) is 0 Å². The van der Waals surface area contributed by atoms with Crippen LogP contribution in [0.2, 0.25) is 0 Å². The van der Waals surface area contributed by atoms with Gasteiger partial charge in [0.05, 0.1) is 0 Å². The van der Waals surface area contributed by atoms with Crippen molar-refractivity contribution in [1.29, 1.82) is 0 Å². The van der Waals surface area contributed by atoms with Gasteiger partial charge in [0.2, 0.25) is 0 Å². The number of hydrogen-bond acceptors (Lipinski definition) is 2. The third-order valence-electron chi connectivity index (χ3n) is 4.16. The van der Waals surface area contributed by atoms with Crippen molar-refractivity contribution in [2.75, 3.05) is 0 Å². The fourth-order valence-corrected chi connectivity index (χ4v) is 3.82. The van der Waals surface area contributed by atoms with Gasteiger partial charge in [-0.05, 0) is 49.1 Å². The van der Waals surface area contributed by atoms with Crippen LogP contribution in [0.25, 0.3) is 0 Å². The van der Waals surface area contributed by atoms with E-state index in [0.29, 0.717) is 6.04 Å². The fourth-order valence-electron chi connectivity index (χ4n) is 2.89. The monoisotopic (exact) mass is 251 g/mol. The van der Waals surface area contributed by atoms with Crippen molar-refractivity contribution < 1.29 is 0 Å². The van der Waals surface area contributed by atoms with Gasteiger partial charge in [-0.15, -0.1) is 11.3 Å². The third-order valence-corrected chi connectivity index (χ3v) is 5.12. The van der Waals surface area contributed by atoms with Gasteiger partial charge in [0.15, 0.2) is 0 Å². The Hall–Kier alpha value is -0.340. The minimum Gasteiger partial charge on any atom is -0.309 e. The van der Waals surface area contributed by atoms with Crippen molar-refractivity contribution in [1.82, 2.24) is 5.32 Å². The number of nitrogens with one attached hydrogen (secondary N) is 1. The molecule has 1 saturated carbocycles. The molecule has 96 valence electrons. The van der Waals surface area contributed by atoms with Crippen LogP contribution in [0.3, 0.4) is 0 Å². The van der Waals surface area contributed by atoms with Crippen LogP contribution >= 0.6 is 11.3 Å². The molecule has 1 fully saturated rings. The molecule has 2 heteroatoms. The Morgan fingerprint density at radius 1 is 1.35 bits per heavy atom. The molecule has 1 unspecified atom stereocenters. The summed E-state index contributed by atoms with van der Waals surface area (Å²) in [5.74, 6) is 0.911. The molecule has 0 aliphatic heterocycles. The van der Waals surface area contributed by atoms with E-state index in [9.17, 15) is 0 Å². The second kappa shape index (κ2) is 6.55. The molecule has 1 heterocycles. The van der Waals surface area contributed by atoms with Gasteiger partial charge in [-0.1, -0.05) is 26.2 Å². The van der Waals surface area contributed by atoms with Gasteiger partial charge in [-0.3, -0.25) is 0 Å². The average Bonchev–Trinajstić information content (AvgIpc) is 2.84. The summed E-state index contributed by atoms with van der Waals surface area (Å²) in [4.78, 5) is 1.54. The molecule has 0 bridgehead atoms. The lowest BCUT2D eigenvalue weighted by molar-refractivity contribution is 0.281. The summed E-state index contributed by atoms with van der Waals surface area (Å²) in [6.45, 7) is 5.68. The summed E-state index contributed by atoms with van der Waals surface area (Å²) in [5, 5.41) is 5.96. The second-order valence-electron chi connectivity index (χ2n) is 5.29. The van der Waals surface area contributed by atoms with Gasteiger partial charge in [0.1, 0.15) is 0 Å². The summed E-state index contributed by atoms with van der Waals surface area (Å²) in [6.07, 6.45) is 8.36. The Balaban J connectivity index is 1.80. The van der Waals surface area contributed by atoms with Crippen LogP contribution in [-0.4, -0.2) is 6.04 Å². The van der Waals surface area contributed by atoms with Crippen LogP contribution in [0.5, 0.6) is 0 Å². The predicted octanol–water partition coefficient (Wildman–Crippen LogP) is 4.37. The van der Waals surface area contributed by atoms with E-state index < -0.39 is 0 Å². The Bertz CT molecular complexity index is 325. The lowest BCUT2D eigenvalue weighted by Crippen LogP contribution is -2.34. The first-order valence-electron chi connectivity index (χ1n) is 7.10. The zero-order valence-corrected chi connectivity index (χ0v) is 12.0. The largest absolute Gasteiger partial charge is 0.309 e.